The second-order valence-corrected chi connectivity index (χ2v) is 11.1. The van der Waals surface area contributed by atoms with Crippen LogP contribution in [0.25, 0.3) is 11.0 Å². The molecule has 0 saturated carbocycles. The van der Waals surface area contributed by atoms with Gasteiger partial charge in [-0.2, -0.15) is 0 Å². The van der Waals surface area contributed by atoms with E-state index in [-0.39, 0.29) is 39.2 Å². The van der Waals surface area contributed by atoms with Gasteiger partial charge >= 0.3 is 0 Å². The van der Waals surface area contributed by atoms with Crippen molar-refractivity contribution in [2.45, 2.75) is 50.1 Å². The van der Waals surface area contributed by atoms with Crippen LogP contribution in [0.2, 0.25) is 0 Å². The van der Waals surface area contributed by atoms with Crippen molar-refractivity contribution < 1.29 is 33.3 Å². The summed E-state index contributed by atoms with van der Waals surface area (Å²) < 4.78 is 29.6. The van der Waals surface area contributed by atoms with Gasteiger partial charge in [-0.15, -0.1) is 0 Å². The topological polar surface area (TPSA) is 129 Å². The highest BCUT2D eigenvalue weighted by molar-refractivity contribution is 5.81. The van der Waals surface area contributed by atoms with E-state index in [1.807, 2.05) is 54.6 Å². The summed E-state index contributed by atoms with van der Waals surface area (Å²) >= 11 is 0. The zero-order chi connectivity index (χ0) is 30.4. The number of hydrogen-bond donors (Lipinski definition) is 2. The Balaban J connectivity index is 1.19. The molecule has 0 saturated heterocycles. The Kier molecular flexibility index (Phi) is 7.20. The minimum absolute atomic E-state index is 0.00251. The van der Waals surface area contributed by atoms with Crippen LogP contribution >= 0.6 is 0 Å². The molecule has 2 aliphatic rings. The lowest BCUT2D eigenvalue weighted by molar-refractivity contribution is -0.0979. The molecule has 4 atom stereocenters. The highest BCUT2D eigenvalue weighted by Crippen LogP contribution is 2.46. The summed E-state index contributed by atoms with van der Waals surface area (Å²) in [6.45, 7) is 0. The van der Waals surface area contributed by atoms with Gasteiger partial charge in [0, 0.05) is 31.0 Å². The maximum Gasteiger partial charge on any atom is 0.193 e. The molecule has 5 aromatic rings. The highest BCUT2D eigenvalue weighted by atomic mass is 16.6. The van der Waals surface area contributed by atoms with Crippen LogP contribution in [0.5, 0.6) is 17.2 Å². The van der Waals surface area contributed by atoms with E-state index in [4.69, 9.17) is 23.0 Å². The molecule has 1 aliphatic heterocycles. The summed E-state index contributed by atoms with van der Waals surface area (Å²) in [5, 5.41) is 22.7. The number of benzene rings is 3. The lowest BCUT2D eigenvalue weighted by Gasteiger charge is -2.34. The first kappa shape index (κ1) is 27.9. The van der Waals surface area contributed by atoms with Gasteiger partial charge < -0.3 is 33.3 Å². The second-order valence-electron chi connectivity index (χ2n) is 11.1. The summed E-state index contributed by atoms with van der Waals surface area (Å²) in [6, 6.07) is 23.3. The molecule has 224 valence electrons. The van der Waals surface area contributed by atoms with Gasteiger partial charge in [-0.25, -0.2) is 0 Å². The average molecular weight is 595 g/mol. The van der Waals surface area contributed by atoms with E-state index >= 15 is 0 Å². The van der Waals surface area contributed by atoms with Crippen molar-refractivity contribution in [1.29, 1.82) is 0 Å². The number of hydrogen-bond acceptors (Lipinski definition) is 9. The molecular weight excluding hydrogens is 564 g/mol. The van der Waals surface area contributed by atoms with Crippen molar-refractivity contribution in [3.05, 3.63) is 133 Å². The molecule has 0 unspecified atom stereocenters. The van der Waals surface area contributed by atoms with E-state index in [1.54, 1.807) is 7.11 Å². The molecule has 7 rings (SSSR count). The third-order valence-electron chi connectivity index (χ3n) is 8.26. The first-order valence-electron chi connectivity index (χ1n) is 14.5. The zero-order valence-corrected chi connectivity index (χ0v) is 23.9. The van der Waals surface area contributed by atoms with Crippen LogP contribution < -0.4 is 25.1 Å². The number of ether oxygens (including phenoxy) is 3. The molecular formula is C35H30O9. The maximum absolute atomic E-state index is 13.4. The van der Waals surface area contributed by atoms with Crippen LogP contribution in [0.15, 0.2) is 97.3 Å². The molecule has 9 nitrogen and oxygen atoms in total. The lowest BCUT2D eigenvalue weighted by Crippen LogP contribution is -2.47. The fourth-order valence-electron chi connectivity index (χ4n) is 5.91. The molecule has 3 aromatic carbocycles. The van der Waals surface area contributed by atoms with Crippen LogP contribution in [0.3, 0.4) is 0 Å². The molecule has 0 spiro atoms. The van der Waals surface area contributed by atoms with Gasteiger partial charge in [-0.1, -0.05) is 42.5 Å². The SMILES string of the molecule is COc1ccc(CCc2cc(=O)c3c(o2)[C@@H](O)[C@@H]2Oc4cc5c(=O)cc(CCc6ccccc6)oc5cc4O[C@H]3[C@@H]2O)cc1. The highest BCUT2D eigenvalue weighted by Gasteiger charge is 2.50. The summed E-state index contributed by atoms with van der Waals surface area (Å²) in [7, 11) is 1.60. The summed E-state index contributed by atoms with van der Waals surface area (Å²) in [5.41, 5.74) is 1.79. The quantitative estimate of drug-likeness (QED) is 0.278. The van der Waals surface area contributed by atoms with Crippen molar-refractivity contribution in [3.63, 3.8) is 0 Å². The molecule has 2 aromatic heterocycles. The maximum atomic E-state index is 13.4. The van der Waals surface area contributed by atoms with Gasteiger partial charge in [0.25, 0.3) is 0 Å². The van der Waals surface area contributed by atoms with Crippen LogP contribution in [0.1, 0.15) is 46.2 Å². The smallest absolute Gasteiger partial charge is 0.193 e. The molecule has 44 heavy (non-hydrogen) atoms. The second kappa shape index (κ2) is 11.3. The molecule has 3 heterocycles. The zero-order valence-electron chi connectivity index (χ0n) is 23.9. The summed E-state index contributed by atoms with van der Waals surface area (Å²) in [4.78, 5) is 26.5. The largest absolute Gasteiger partial charge is 0.497 e. The monoisotopic (exact) mass is 594 g/mol. The van der Waals surface area contributed by atoms with E-state index in [2.05, 4.69) is 0 Å². The predicted octanol–water partition coefficient (Wildman–Crippen LogP) is 4.61. The standard InChI is InChI=1S/C35H30O9/c1-40-21-11-7-20(8-12-21)10-14-23-16-26(37)30-33(42-23)31(38)35-32(39)34(30)43-29-18-27-24(17-28(29)44-35)25(36)15-22(41-27)13-9-19-5-3-2-4-6-19/h2-8,11-12,15-18,31-32,34-35,38-39H,9-10,13-14H2,1H3/t31-,32+,34-,35+/m1/s1. The molecule has 1 aliphatic carbocycles. The molecule has 0 radical (unpaired) electrons. The van der Waals surface area contributed by atoms with E-state index in [0.29, 0.717) is 37.2 Å². The summed E-state index contributed by atoms with van der Waals surface area (Å²) in [6.07, 6.45) is -2.99. The predicted molar refractivity (Wildman–Crippen MR) is 160 cm³/mol. The van der Waals surface area contributed by atoms with Gasteiger partial charge in [0.15, 0.2) is 40.7 Å². The first-order valence-corrected chi connectivity index (χ1v) is 14.5. The van der Waals surface area contributed by atoms with Crippen molar-refractivity contribution in [2.75, 3.05) is 7.11 Å². The first-order chi connectivity index (χ1) is 21.4. The number of methoxy groups -OCH3 is 1. The van der Waals surface area contributed by atoms with Gasteiger partial charge in [-0.05, 0) is 42.2 Å². The van der Waals surface area contributed by atoms with Crippen LogP contribution in [-0.4, -0.2) is 29.5 Å². The van der Waals surface area contributed by atoms with Gasteiger partial charge in [0.2, 0.25) is 0 Å². The average Bonchev–Trinajstić information content (AvgIpc) is 3.14. The van der Waals surface area contributed by atoms with Crippen LogP contribution in [0, 0.1) is 0 Å². The van der Waals surface area contributed by atoms with E-state index in [9.17, 15) is 19.8 Å². The molecule has 0 amide bonds. The Morgan fingerprint density at radius 3 is 2.11 bits per heavy atom. The number of aliphatic hydroxyl groups excluding tert-OH is 2. The van der Waals surface area contributed by atoms with Crippen molar-refractivity contribution in [3.8, 4) is 17.2 Å². The molecule has 0 fully saturated rings. The normalized spacial score (nSPS) is 20.2. The fourth-order valence-corrected chi connectivity index (χ4v) is 5.91. The molecule has 2 bridgehead atoms. The van der Waals surface area contributed by atoms with E-state index in [0.717, 1.165) is 16.9 Å². The van der Waals surface area contributed by atoms with E-state index in [1.165, 1.54) is 24.3 Å². The molecule has 9 heteroatoms. The Morgan fingerprint density at radius 1 is 0.727 bits per heavy atom. The third-order valence-corrected chi connectivity index (χ3v) is 8.26. The van der Waals surface area contributed by atoms with Gasteiger partial charge in [0.1, 0.15) is 34.7 Å². The Morgan fingerprint density at radius 2 is 1.39 bits per heavy atom. The Labute approximate surface area is 251 Å². The number of aryl methyl sites for hydroxylation is 4. The number of aliphatic hydroxyl groups is 2. The summed E-state index contributed by atoms with van der Waals surface area (Å²) in [5.74, 6) is 1.97. The third kappa shape index (κ3) is 5.14. The fraction of sp³-hybridized carbons (Fsp3) is 0.257. The van der Waals surface area contributed by atoms with Gasteiger partial charge in [0.05, 0.1) is 18.1 Å². The van der Waals surface area contributed by atoms with Crippen LogP contribution in [0.4, 0.5) is 0 Å². The number of rotatable bonds is 7. The molecule has 2 N–H and O–H groups in total. The van der Waals surface area contributed by atoms with Crippen molar-refractivity contribution >= 4 is 11.0 Å². The van der Waals surface area contributed by atoms with Gasteiger partial charge in [-0.3, -0.25) is 9.59 Å². The minimum atomic E-state index is -1.45. The minimum Gasteiger partial charge on any atom is -0.497 e. The Bertz CT molecular complexity index is 1940. The van der Waals surface area contributed by atoms with E-state index < -0.39 is 29.8 Å². The van der Waals surface area contributed by atoms with Crippen molar-refractivity contribution in [2.24, 2.45) is 0 Å². The van der Waals surface area contributed by atoms with Crippen LogP contribution in [-0.2, 0) is 25.7 Å². The Hall–Kier alpha value is -4.86. The lowest BCUT2D eigenvalue weighted by atomic mass is 9.86. The van der Waals surface area contributed by atoms with Crippen molar-refractivity contribution in [1.82, 2.24) is 0 Å². The number of fused-ring (bicyclic) bond motifs is 6.